The third kappa shape index (κ3) is 2.69. The van der Waals surface area contributed by atoms with Crippen LogP contribution in [0, 0.1) is 11.8 Å². The van der Waals surface area contributed by atoms with Gasteiger partial charge in [-0.3, -0.25) is 9.59 Å². The van der Waals surface area contributed by atoms with Gasteiger partial charge in [0.2, 0.25) is 0 Å². The fraction of sp³-hybridized carbons (Fsp3) is 0.750. The summed E-state index contributed by atoms with van der Waals surface area (Å²) in [5, 5.41) is 17.5. The highest BCUT2D eigenvalue weighted by Gasteiger charge is 2.34. The van der Waals surface area contributed by atoms with Crippen LogP contribution >= 0.6 is 15.9 Å². The van der Waals surface area contributed by atoms with E-state index in [2.05, 4.69) is 15.9 Å². The summed E-state index contributed by atoms with van der Waals surface area (Å²) in [4.78, 5) is 21.3. The molecule has 1 fully saturated rings. The molecular weight excluding hydrogens is 240 g/mol. The number of hydrogen-bond acceptors (Lipinski definition) is 2. The largest absolute Gasteiger partial charge is 0.481 e. The van der Waals surface area contributed by atoms with Gasteiger partial charge in [0.15, 0.2) is 0 Å². The van der Waals surface area contributed by atoms with Crippen LogP contribution in [0.1, 0.15) is 19.3 Å². The summed E-state index contributed by atoms with van der Waals surface area (Å²) in [6.45, 7) is 0. The molecule has 13 heavy (non-hydrogen) atoms. The van der Waals surface area contributed by atoms with Gasteiger partial charge in [0, 0.05) is 4.83 Å². The second kappa shape index (κ2) is 4.09. The minimum absolute atomic E-state index is 0.0171. The van der Waals surface area contributed by atoms with Crippen LogP contribution in [0.2, 0.25) is 0 Å². The fourth-order valence-electron chi connectivity index (χ4n) is 1.65. The maximum Gasteiger partial charge on any atom is 0.306 e. The quantitative estimate of drug-likeness (QED) is 0.726. The van der Waals surface area contributed by atoms with Gasteiger partial charge in [-0.1, -0.05) is 15.9 Å². The first-order valence-electron chi connectivity index (χ1n) is 4.10. The zero-order chi connectivity index (χ0) is 10.0. The van der Waals surface area contributed by atoms with Crippen LogP contribution in [0.25, 0.3) is 0 Å². The Kier molecular flexibility index (Phi) is 3.30. The van der Waals surface area contributed by atoms with Crippen molar-refractivity contribution in [3.05, 3.63) is 0 Å². The number of carboxylic acid groups (broad SMARTS) is 2. The smallest absolute Gasteiger partial charge is 0.306 e. The van der Waals surface area contributed by atoms with Gasteiger partial charge in [0.05, 0.1) is 11.8 Å². The number of hydrogen-bond donors (Lipinski definition) is 2. The summed E-state index contributed by atoms with van der Waals surface area (Å²) in [5.41, 5.74) is 0. The lowest BCUT2D eigenvalue weighted by atomic mass is 9.81. The van der Waals surface area contributed by atoms with Gasteiger partial charge in [-0.25, -0.2) is 0 Å². The van der Waals surface area contributed by atoms with Gasteiger partial charge < -0.3 is 10.2 Å². The molecule has 4 nitrogen and oxygen atoms in total. The molecule has 0 aromatic carbocycles. The van der Waals surface area contributed by atoms with Crippen LogP contribution in [0.15, 0.2) is 0 Å². The Balaban J connectivity index is 2.62. The van der Waals surface area contributed by atoms with Gasteiger partial charge in [-0.2, -0.15) is 0 Å². The maximum absolute atomic E-state index is 10.7. The molecular formula is C8H11BrO4. The molecule has 0 amide bonds. The predicted octanol–water partition coefficient (Wildman–Crippen LogP) is 1.34. The van der Waals surface area contributed by atoms with Gasteiger partial charge in [0.25, 0.3) is 0 Å². The van der Waals surface area contributed by atoms with E-state index in [1.807, 2.05) is 0 Å². The lowest BCUT2D eigenvalue weighted by Crippen LogP contribution is -2.32. The zero-order valence-corrected chi connectivity index (χ0v) is 8.53. The summed E-state index contributed by atoms with van der Waals surface area (Å²) >= 11 is 3.28. The molecule has 0 radical (unpaired) electrons. The zero-order valence-electron chi connectivity index (χ0n) is 6.94. The first kappa shape index (κ1) is 10.5. The van der Waals surface area contributed by atoms with E-state index in [0.29, 0.717) is 12.8 Å². The maximum atomic E-state index is 10.7. The normalized spacial score (nSPS) is 34.1. The minimum Gasteiger partial charge on any atom is -0.481 e. The highest BCUT2D eigenvalue weighted by molar-refractivity contribution is 9.09. The summed E-state index contributed by atoms with van der Waals surface area (Å²) in [6, 6.07) is 0. The number of alkyl halides is 1. The number of rotatable bonds is 2. The van der Waals surface area contributed by atoms with Crippen LogP contribution in [0.3, 0.4) is 0 Å². The van der Waals surface area contributed by atoms with Crippen LogP contribution in [0.5, 0.6) is 0 Å². The third-order valence-electron chi connectivity index (χ3n) is 2.35. The molecule has 2 atom stereocenters. The highest BCUT2D eigenvalue weighted by Crippen LogP contribution is 2.33. The Morgan fingerprint density at radius 1 is 1.00 bits per heavy atom. The molecule has 0 aromatic heterocycles. The molecule has 0 aromatic rings. The minimum atomic E-state index is -0.893. The van der Waals surface area contributed by atoms with Crippen molar-refractivity contribution in [1.29, 1.82) is 0 Å². The monoisotopic (exact) mass is 250 g/mol. The molecule has 1 aliphatic carbocycles. The topological polar surface area (TPSA) is 74.6 Å². The SMILES string of the molecule is O=C(O)C1CC(Br)CC(C(=O)O)C1. The Morgan fingerprint density at radius 2 is 1.38 bits per heavy atom. The Morgan fingerprint density at radius 3 is 1.69 bits per heavy atom. The molecule has 0 heterocycles. The second-order valence-electron chi connectivity index (χ2n) is 3.37. The van der Waals surface area contributed by atoms with E-state index in [0.717, 1.165) is 0 Å². The van der Waals surface area contributed by atoms with Gasteiger partial charge in [-0.05, 0) is 19.3 Å². The molecule has 1 aliphatic rings. The van der Waals surface area contributed by atoms with Gasteiger partial charge in [0.1, 0.15) is 0 Å². The first-order chi connectivity index (χ1) is 6.00. The third-order valence-corrected chi connectivity index (χ3v) is 3.10. The molecule has 0 aliphatic heterocycles. The summed E-state index contributed by atoms with van der Waals surface area (Å²) < 4.78 is 0. The van der Waals surface area contributed by atoms with E-state index in [9.17, 15) is 9.59 Å². The van der Waals surface area contributed by atoms with E-state index in [-0.39, 0.29) is 11.2 Å². The van der Waals surface area contributed by atoms with E-state index >= 15 is 0 Å². The van der Waals surface area contributed by atoms with Crippen LogP contribution in [0.4, 0.5) is 0 Å². The lowest BCUT2D eigenvalue weighted by Gasteiger charge is -2.27. The molecule has 74 valence electrons. The molecule has 0 bridgehead atoms. The molecule has 0 spiro atoms. The van der Waals surface area contributed by atoms with Gasteiger partial charge >= 0.3 is 11.9 Å². The van der Waals surface area contributed by atoms with Crippen LogP contribution < -0.4 is 0 Å². The molecule has 2 unspecified atom stereocenters. The van der Waals surface area contributed by atoms with Crippen LogP contribution in [-0.4, -0.2) is 27.0 Å². The first-order valence-corrected chi connectivity index (χ1v) is 5.02. The molecule has 1 saturated carbocycles. The Bertz CT molecular complexity index is 206. The molecule has 2 N–H and O–H groups in total. The van der Waals surface area contributed by atoms with Crippen molar-refractivity contribution in [2.75, 3.05) is 0 Å². The number of carbonyl (C=O) groups is 2. The van der Waals surface area contributed by atoms with Crippen molar-refractivity contribution < 1.29 is 19.8 Å². The Hall–Kier alpha value is -0.580. The average molecular weight is 251 g/mol. The highest BCUT2D eigenvalue weighted by atomic mass is 79.9. The predicted molar refractivity (Wildman–Crippen MR) is 48.8 cm³/mol. The van der Waals surface area contributed by atoms with Crippen molar-refractivity contribution in [3.8, 4) is 0 Å². The van der Waals surface area contributed by atoms with E-state index in [4.69, 9.17) is 10.2 Å². The van der Waals surface area contributed by atoms with E-state index in [1.54, 1.807) is 0 Å². The van der Waals surface area contributed by atoms with Crippen molar-refractivity contribution in [2.24, 2.45) is 11.8 Å². The average Bonchev–Trinajstić information content (AvgIpc) is 2.03. The Labute approximate surface area is 84.1 Å². The summed E-state index contributed by atoms with van der Waals surface area (Å²) in [7, 11) is 0. The number of aliphatic carboxylic acids is 2. The number of carboxylic acids is 2. The summed E-state index contributed by atoms with van der Waals surface area (Å²) in [6.07, 6.45) is 1.31. The molecule has 1 rings (SSSR count). The van der Waals surface area contributed by atoms with Crippen molar-refractivity contribution in [1.82, 2.24) is 0 Å². The van der Waals surface area contributed by atoms with Crippen LogP contribution in [-0.2, 0) is 9.59 Å². The van der Waals surface area contributed by atoms with Gasteiger partial charge in [-0.15, -0.1) is 0 Å². The molecule has 5 heteroatoms. The van der Waals surface area contributed by atoms with Crippen molar-refractivity contribution >= 4 is 27.9 Å². The van der Waals surface area contributed by atoms with Crippen molar-refractivity contribution in [3.63, 3.8) is 0 Å². The van der Waals surface area contributed by atoms with E-state index < -0.39 is 23.8 Å². The second-order valence-corrected chi connectivity index (χ2v) is 4.67. The summed E-state index contributed by atoms with van der Waals surface area (Å²) in [5.74, 6) is -2.82. The standard InChI is InChI=1S/C8H11BrO4/c9-6-2-4(7(10)11)1-5(3-6)8(12)13/h4-6H,1-3H2,(H,10,11)(H,12,13). The van der Waals surface area contributed by atoms with Crippen molar-refractivity contribution in [2.45, 2.75) is 24.1 Å². The fourth-order valence-corrected chi connectivity index (χ4v) is 2.56. The lowest BCUT2D eigenvalue weighted by molar-refractivity contribution is -0.147. The van der Waals surface area contributed by atoms with E-state index in [1.165, 1.54) is 0 Å². The molecule has 0 saturated heterocycles. The number of halogens is 1.